The molecule has 8 nitrogen and oxygen atoms in total. The Morgan fingerprint density at radius 2 is 2.21 bits per heavy atom. The number of halogens is 3. The molecule has 1 amide bonds. The van der Waals surface area contributed by atoms with Gasteiger partial charge in [-0.2, -0.15) is 34.5 Å². The fourth-order valence-corrected chi connectivity index (χ4v) is 2.35. The van der Waals surface area contributed by atoms with Crippen molar-refractivity contribution in [1.29, 1.82) is 0 Å². The Labute approximate surface area is 136 Å². The number of amides is 1. The number of hydrogen-bond acceptors (Lipinski definition) is 7. The number of hydrogen-bond donors (Lipinski definition) is 2. The van der Waals surface area contributed by atoms with Gasteiger partial charge in [0.05, 0.1) is 0 Å². The number of aryl methyl sites for hydroxylation is 1. The monoisotopic (exact) mass is 358 g/mol. The molecule has 24 heavy (non-hydrogen) atoms. The van der Waals surface area contributed by atoms with E-state index in [0.29, 0.717) is 5.82 Å². The van der Waals surface area contributed by atoms with Gasteiger partial charge in [0.1, 0.15) is 0 Å². The van der Waals surface area contributed by atoms with Crippen LogP contribution < -0.4 is 5.32 Å². The van der Waals surface area contributed by atoms with Crippen molar-refractivity contribution in [3.05, 3.63) is 28.5 Å². The Balaban J connectivity index is 1.53. The molecule has 0 bridgehead atoms. The lowest BCUT2D eigenvalue weighted by molar-refractivity contribution is -0.144. The van der Waals surface area contributed by atoms with E-state index in [-0.39, 0.29) is 18.7 Å². The molecule has 0 saturated carbocycles. The average molecular weight is 358 g/mol. The van der Waals surface area contributed by atoms with Gasteiger partial charge in [0, 0.05) is 23.8 Å². The topological polar surface area (TPSA) is 110 Å². The lowest BCUT2D eigenvalue weighted by Crippen LogP contribution is -2.14. The van der Waals surface area contributed by atoms with E-state index in [1.807, 2.05) is 16.8 Å². The van der Waals surface area contributed by atoms with E-state index in [1.165, 1.54) is 11.3 Å². The van der Waals surface area contributed by atoms with Gasteiger partial charge in [-0.25, -0.2) is 0 Å². The van der Waals surface area contributed by atoms with Crippen LogP contribution >= 0.6 is 11.3 Å². The van der Waals surface area contributed by atoms with E-state index in [0.717, 1.165) is 5.56 Å². The summed E-state index contributed by atoms with van der Waals surface area (Å²) in [6.07, 6.45) is -4.58. The van der Waals surface area contributed by atoms with Crippen LogP contribution in [0.2, 0.25) is 0 Å². The van der Waals surface area contributed by atoms with Crippen LogP contribution in [0.5, 0.6) is 0 Å². The first-order valence-corrected chi connectivity index (χ1v) is 7.51. The number of nitrogens with zero attached hydrogens (tertiary/aromatic N) is 4. The largest absolute Gasteiger partial charge is 0.451 e. The molecule has 2 N–H and O–H groups in total. The Morgan fingerprint density at radius 1 is 1.38 bits per heavy atom. The van der Waals surface area contributed by atoms with Crippen LogP contribution in [0.1, 0.15) is 18.1 Å². The van der Waals surface area contributed by atoms with Gasteiger partial charge in [-0.15, -0.1) is 5.10 Å². The molecule has 0 fully saturated rings. The predicted octanol–water partition coefficient (Wildman–Crippen LogP) is 2.51. The van der Waals surface area contributed by atoms with Gasteiger partial charge >= 0.3 is 6.18 Å². The first kappa shape index (κ1) is 16.1. The van der Waals surface area contributed by atoms with Crippen LogP contribution in [0.15, 0.2) is 21.3 Å². The lowest BCUT2D eigenvalue weighted by Gasteiger charge is -1.99. The molecular weight excluding hydrogens is 349 g/mol. The Hall–Kier alpha value is -2.76. The first-order chi connectivity index (χ1) is 11.4. The number of rotatable bonds is 5. The van der Waals surface area contributed by atoms with Crippen LogP contribution in [-0.4, -0.2) is 31.2 Å². The maximum atomic E-state index is 12.4. The number of nitrogens with one attached hydrogen (secondary N) is 2. The van der Waals surface area contributed by atoms with Crippen LogP contribution in [0, 0.1) is 0 Å². The summed E-state index contributed by atoms with van der Waals surface area (Å²) in [4.78, 5) is 19.0. The highest BCUT2D eigenvalue weighted by Crippen LogP contribution is 2.26. The van der Waals surface area contributed by atoms with E-state index in [9.17, 15) is 18.0 Å². The Bertz CT molecular complexity index is 826. The highest BCUT2D eigenvalue weighted by atomic mass is 32.1. The van der Waals surface area contributed by atoms with Crippen molar-refractivity contribution >= 4 is 23.2 Å². The zero-order valence-corrected chi connectivity index (χ0v) is 12.6. The maximum absolute atomic E-state index is 12.4. The summed E-state index contributed by atoms with van der Waals surface area (Å²) < 4.78 is 42.1. The zero-order valence-electron chi connectivity index (χ0n) is 11.8. The lowest BCUT2D eigenvalue weighted by atomic mass is 10.3. The Kier molecular flexibility index (Phi) is 4.29. The molecule has 3 heterocycles. The quantitative estimate of drug-likeness (QED) is 0.725. The molecule has 0 unspecified atom stereocenters. The smallest absolute Gasteiger partial charge is 0.339 e. The van der Waals surface area contributed by atoms with E-state index in [4.69, 9.17) is 4.52 Å². The number of anilines is 1. The number of alkyl halides is 3. The number of H-pyrrole nitrogens is 1. The van der Waals surface area contributed by atoms with Crippen LogP contribution in [0.4, 0.5) is 19.1 Å². The number of thiophene rings is 1. The zero-order chi connectivity index (χ0) is 17.2. The fraction of sp³-hybridized carbons (Fsp3) is 0.250. The summed E-state index contributed by atoms with van der Waals surface area (Å²) in [5, 5.41) is 14.6. The van der Waals surface area contributed by atoms with E-state index in [1.54, 1.807) is 5.10 Å². The number of carbonyl (C=O) groups excluding carboxylic acids is 1. The highest BCUT2D eigenvalue weighted by Gasteiger charge is 2.35. The van der Waals surface area contributed by atoms with Crippen molar-refractivity contribution in [2.75, 3.05) is 5.32 Å². The number of aromatic amines is 1. The molecule has 12 heteroatoms. The second-order valence-corrected chi connectivity index (χ2v) is 5.36. The third kappa shape index (κ3) is 3.76. The molecule has 3 rings (SSSR count). The van der Waals surface area contributed by atoms with Crippen molar-refractivity contribution in [2.24, 2.45) is 0 Å². The van der Waals surface area contributed by atoms with Gasteiger partial charge in [0.15, 0.2) is 0 Å². The highest BCUT2D eigenvalue weighted by molar-refractivity contribution is 7.08. The van der Waals surface area contributed by atoms with Crippen molar-refractivity contribution in [1.82, 2.24) is 25.3 Å². The van der Waals surface area contributed by atoms with Gasteiger partial charge < -0.3 is 4.52 Å². The second-order valence-electron chi connectivity index (χ2n) is 4.58. The number of aromatic nitrogens is 5. The molecular formula is C12H9F3N6O2S. The fourth-order valence-electron chi connectivity index (χ4n) is 1.72. The van der Waals surface area contributed by atoms with Gasteiger partial charge in [-0.05, 0) is 11.4 Å². The van der Waals surface area contributed by atoms with Crippen LogP contribution in [0.25, 0.3) is 11.4 Å². The second kappa shape index (κ2) is 6.39. The molecule has 0 aliphatic heterocycles. The van der Waals surface area contributed by atoms with Gasteiger partial charge in [-0.1, -0.05) is 5.16 Å². The third-order valence-corrected chi connectivity index (χ3v) is 3.50. The van der Waals surface area contributed by atoms with E-state index < -0.39 is 23.9 Å². The predicted molar refractivity (Wildman–Crippen MR) is 75.9 cm³/mol. The summed E-state index contributed by atoms with van der Waals surface area (Å²) in [6.45, 7) is 0. The first-order valence-electron chi connectivity index (χ1n) is 6.56. The summed E-state index contributed by atoms with van der Waals surface area (Å²) in [6, 6.07) is 1.83. The third-order valence-electron chi connectivity index (χ3n) is 2.82. The molecule has 0 aliphatic carbocycles. The van der Waals surface area contributed by atoms with Gasteiger partial charge in [0.2, 0.25) is 29.4 Å². The van der Waals surface area contributed by atoms with Crippen molar-refractivity contribution < 1.29 is 22.5 Å². The molecule has 3 aromatic rings. The molecule has 126 valence electrons. The van der Waals surface area contributed by atoms with Crippen LogP contribution in [0.3, 0.4) is 0 Å². The van der Waals surface area contributed by atoms with Gasteiger partial charge in [0.25, 0.3) is 0 Å². The van der Waals surface area contributed by atoms with Crippen molar-refractivity contribution in [3.63, 3.8) is 0 Å². The van der Waals surface area contributed by atoms with E-state index >= 15 is 0 Å². The molecule has 0 aliphatic rings. The molecule has 0 radical (unpaired) electrons. The SMILES string of the molecule is O=C(CCc1nc(-c2ccsc2)no1)Nc1n[nH]c(C(F)(F)F)n1. The maximum Gasteiger partial charge on any atom is 0.451 e. The molecule has 3 aromatic heterocycles. The minimum atomic E-state index is -4.65. The standard InChI is InChI=1S/C12H9F3N6O2S/c13-12(14,15)10-18-11(20-19-10)16-7(22)1-2-8-17-9(21-23-8)6-3-4-24-5-6/h3-5H,1-2H2,(H2,16,18,19,20,22). The average Bonchev–Trinajstić information content (AvgIpc) is 3.25. The Morgan fingerprint density at radius 3 is 2.88 bits per heavy atom. The molecule has 0 atom stereocenters. The van der Waals surface area contributed by atoms with Crippen molar-refractivity contribution in [3.8, 4) is 11.4 Å². The minimum absolute atomic E-state index is 0.0683. The van der Waals surface area contributed by atoms with E-state index in [2.05, 4.69) is 25.5 Å². The summed E-state index contributed by atoms with van der Waals surface area (Å²) in [5.41, 5.74) is 0.805. The molecule has 0 spiro atoms. The minimum Gasteiger partial charge on any atom is -0.339 e. The van der Waals surface area contributed by atoms with Crippen molar-refractivity contribution in [2.45, 2.75) is 19.0 Å². The summed E-state index contributed by atoms with van der Waals surface area (Å²) in [7, 11) is 0. The normalized spacial score (nSPS) is 11.6. The summed E-state index contributed by atoms with van der Waals surface area (Å²) in [5.74, 6) is -1.64. The molecule has 0 aromatic carbocycles. The number of carbonyl (C=O) groups is 1. The van der Waals surface area contributed by atoms with Gasteiger partial charge in [-0.3, -0.25) is 15.2 Å². The molecule has 0 saturated heterocycles. The van der Waals surface area contributed by atoms with Crippen LogP contribution in [-0.2, 0) is 17.4 Å². The summed E-state index contributed by atoms with van der Waals surface area (Å²) >= 11 is 1.48.